The second kappa shape index (κ2) is 4.12. The smallest absolute Gasteiger partial charge is 1.00 e. The minimum absolute atomic E-state index is 0. The van der Waals surface area contributed by atoms with Crippen LogP contribution in [-0.4, -0.2) is 25.8 Å². The molecule has 0 aliphatic carbocycles. The molecule has 0 fully saturated rings. The number of nitrogens with two attached hydrogens (primary N) is 1. The molecule has 3 nitrogen and oxygen atoms in total. The summed E-state index contributed by atoms with van der Waals surface area (Å²) in [6, 6.07) is 0. The molecule has 0 aromatic carbocycles. The molecule has 0 aliphatic rings. The van der Waals surface area contributed by atoms with Gasteiger partial charge in [0.25, 0.3) is 10.0 Å². The van der Waals surface area contributed by atoms with Gasteiger partial charge >= 0.3 is 36.2 Å². The summed E-state index contributed by atoms with van der Waals surface area (Å²) in [6.07, 6.45) is -6.71. The van der Waals surface area contributed by atoms with Crippen molar-refractivity contribution in [3.63, 3.8) is 0 Å². The topological polar surface area (TPSA) is 60.2 Å². The van der Waals surface area contributed by atoms with Crippen LogP contribution in [-0.2, 0) is 10.0 Å². The summed E-state index contributed by atoms with van der Waals surface area (Å²) in [5, 5.41) is -2.85. The van der Waals surface area contributed by atoms with E-state index in [1.165, 1.54) is 0 Å². The van der Waals surface area contributed by atoms with Crippen LogP contribution in [0, 0.1) is 0 Å². The number of rotatable bonds is 2. The molecular weight excluding hydrogens is 254 g/mol. The van der Waals surface area contributed by atoms with Gasteiger partial charge in [0.2, 0.25) is 0 Å². The van der Waals surface area contributed by atoms with Gasteiger partial charge in [-0.15, -0.1) is 0 Å². The molecule has 0 bridgehead atoms. The van der Waals surface area contributed by atoms with Crippen LogP contribution in [0.5, 0.6) is 0 Å². The maximum absolute atomic E-state index is 12.0. The van der Waals surface area contributed by atoms with Gasteiger partial charge in [0.1, 0.15) is 0 Å². The maximum atomic E-state index is 12.0. The summed E-state index contributed by atoms with van der Waals surface area (Å²) in [5.74, 6) is -6.73. The third kappa shape index (κ3) is 2.77. The van der Waals surface area contributed by atoms with Crippen LogP contribution in [0.15, 0.2) is 0 Å². The summed E-state index contributed by atoms with van der Waals surface area (Å²) in [7, 11) is -6.35. The Morgan fingerprint density at radius 1 is 0.933 bits per heavy atom. The molecule has 0 unspecified atom stereocenters. The minimum atomic E-state index is -6.73. The molecule has 0 atom stereocenters. The van der Waals surface area contributed by atoms with Crippen LogP contribution in [0.25, 0.3) is 0 Å². The number of sulfonamides is 1. The molecule has 0 heterocycles. The summed E-state index contributed by atoms with van der Waals surface area (Å²) in [5.41, 5.74) is 0. The van der Waals surface area contributed by atoms with Gasteiger partial charge in [0.15, 0.2) is 0 Å². The van der Waals surface area contributed by atoms with Crippen molar-refractivity contribution in [1.29, 1.82) is 0 Å². The van der Waals surface area contributed by atoms with Crippen molar-refractivity contribution in [3.05, 3.63) is 0 Å². The van der Waals surface area contributed by atoms with E-state index < -0.39 is 27.4 Å². The molecule has 2 N–H and O–H groups in total. The summed E-state index contributed by atoms with van der Waals surface area (Å²) in [6.45, 7) is 0. The maximum Gasteiger partial charge on any atom is 1.00 e. The molecule has 15 heavy (non-hydrogen) atoms. The first kappa shape index (κ1) is 17.4. The largest absolute Gasteiger partial charge is 1.00 e. The van der Waals surface area contributed by atoms with Gasteiger partial charge in [-0.05, 0) is 0 Å². The fourth-order valence-electron chi connectivity index (χ4n) is 0.344. The molecule has 0 radical (unpaired) electrons. The van der Waals surface area contributed by atoms with E-state index in [9.17, 15) is 39.2 Å². The SMILES string of the molecule is NS(=O)(=O)C(F)(F)C(F)(F)C(F)(F)F.[H-].[Li+]. The molecule has 0 spiro atoms. The molecule has 12 heteroatoms. The van der Waals surface area contributed by atoms with Crippen molar-refractivity contribution in [1.82, 2.24) is 0 Å². The Bertz CT molecular complexity index is 327. The summed E-state index contributed by atoms with van der Waals surface area (Å²) < 4.78 is 101. The van der Waals surface area contributed by atoms with Gasteiger partial charge in [0.05, 0.1) is 0 Å². The number of hydrogen-bond acceptors (Lipinski definition) is 2. The number of primary sulfonamides is 1. The first-order valence-electron chi connectivity index (χ1n) is 2.60. The molecule has 88 valence electrons. The zero-order valence-electron chi connectivity index (χ0n) is 7.95. The van der Waals surface area contributed by atoms with Crippen molar-refractivity contribution in [3.8, 4) is 0 Å². The zero-order valence-corrected chi connectivity index (χ0v) is 7.76. The van der Waals surface area contributed by atoms with Crippen LogP contribution in [0.1, 0.15) is 1.43 Å². The van der Waals surface area contributed by atoms with Crippen LogP contribution in [0.4, 0.5) is 30.7 Å². The summed E-state index contributed by atoms with van der Waals surface area (Å²) in [4.78, 5) is 0. The predicted molar refractivity (Wildman–Crippen MR) is 30.2 cm³/mol. The Morgan fingerprint density at radius 2 is 1.20 bits per heavy atom. The fraction of sp³-hybridized carbons (Fsp3) is 1.00. The number of hydrogen-bond donors (Lipinski definition) is 1. The normalized spacial score (nSPS) is 14.7. The van der Waals surface area contributed by atoms with Crippen molar-refractivity contribution < 1.29 is 59.4 Å². The van der Waals surface area contributed by atoms with E-state index in [4.69, 9.17) is 0 Å². The number of alkyl halides is 7. The van der Waals surface area contributed by atoms with Crippen molar-refractivity contribution in [2.75, 3.05) is 0 Å². The molecule has 0 aromatic rings. The Balaban J connectivity index is -0.000000845. The molecule has 0 saturated heterocycles. The van der Waals surface area contributed by atoms with Crippen LogP contribution >= 0.6 is 0 Å². The molecule has 0 aliphatic heterocycles. The zero-order chi connectivity index (χ0) is 12.0. The second-order valence-electron chi connectivity index (χ2n) is 2.13. The van der Waals surface area contributed by atoms with E-state index >= 15 is 0 Å². The minimum Gasteiger partial charge on any atom is -1.00 e. The molecular formula is C3H3F7LiNO2S. The Hall–Kier alpha value is 0.0174. The molecule has 0 amide bonds. The summed E-state index contributed by atoms with van der Waals surface area (Å²) >= 11 is 0. The Kier molecular flexibility index (Phi) is 4.78. The Labute approximate surface area is 92.5 Å². The van der Waals surface area contributed by atoms with Gasteiger partial charge < -0.3 is 1.43 Å². The third-order valence-electron chi connectivity index (χ3n) is 1.08. The first-order chi connectivity index (χ1) is 5.75. The van der Waals surface area contributed by atoms with Crippen molar-refractivity contribution in [2.24, 2.45) is 5.14 Å². The van der Waals surface area contributed by atoms with Crippen LogP contribution < -0.4 is 24.0 Å². The first-order valence-corrected chi connectivity index (χ1v) is 4.14. The van der Waals surface area contributed by atoms with Gasteiger partial charge in [-0.2, -0.15) is 30.7 Å². The van der Waals surface area contributed by atoms with E-state index in [1.54, 1.807) is 0 Å². The molecule has 0 rings (SSSR count). The Morgan fingerprint density at radius 3 is 1.27 bits per heavy atom. The molecule has 0 aromatic heterocycles. The van der Waals surface area contributed by atoms with Gasteiger partial charge in [-0.25, -0.2) is 13.6 Å². The van der Waals surface area contributed by atoms with Crippen LogP contribution in [0.2, 0.25) is 0 Å². The van der Waals surface area contributed by atoms with Gasteiger partial charge in [-0.3, -0.25) is 0 Å². The van der Waals surface area contributed by atoms with E-state index in [0.29, 0.717) is 0 Å². The van der Waals surface area contributed by atoms with Crippen LogP contribution in [0.3, 0.4) is 0 Å². The van der Waals surface area contributed by atoms with E-state index in [0.717, 1.165) is 0 Å². The second-order valence-corrected chi connectivity index (χ2v) is 3.74. The van der Waals surface area contributed by atoms with Gasteiger partial charge in [0, 0.05) is 0 Å². The fourth-order valence-corrected chi connectivity index (χ4v) is 0.817. The van der Waals surface area contributed by atoms with Gasteiger partial charge in [-0.1, -0.05) is 0 Å². The predicted octanol–water partition coefficient (Wildman–Crippen LogP) is -1.82. The monoisotopic (exact) mass is 257 g/mol. The quantitative estimate of drug-likeness (QED) is 0.468. The van der Waals surface area contributed by atoms with E-state index in [-0.39, 0.29) is 20.3 Å². The third-order valence-corrected chi connectivity index (χ3v) is 2.05. The standard InChI is InChI=1S/C3H2F7NO2S.Li.H/c4-1(5,2(6,7)8)3(9,10)14(11,12)13;;/h(H2,11,12,13);;/q;+1;-1. The van der Waals surface area contributed by atoms with Crippen molar-refractivity contribution in [2.45, 2.75) is 17.4 Å². The van der Waals surface area contributed by atoms with E-state index in [2.05, 4.69) is 5.14 Å². The average molecular weight is 257 g/mol. The average Bonchev–Trinajstić information content (AvgIpc) is 1.81. The molecule has 0 saturated carbocycles. The van der Waals surface area contributed by atoms with Crippen molar-refractivity contribution >= 4 is 10.0 Å². The van der Waals surface area contributed by atoms with E-state index in [1.807, 2.05) is 0 Å². The number of halogens is 7.